The first-order chi connectivity index (χ1) is 9.65. The molecule has 2 saturated heterocycles. The summed E-state index contributed by atoms with van der Waals surface area (Å²) in [5.41, 5.74) is -3.83. The number of epoxide rings is 1. The zero-order valence-corrected chi connectivity index (χ0v) is 11.7. The fraction of sp³-hybridized carbons (Fsp3) is 0.600. The van der Waals surface area contributed by atoms with Crippen LogP contribution in [-0.2, 0) is 9.47 Å². The number of alkyl halides is 4. The van der Waals surface area contributed by atoms with Crippen LogP contribution < -0.4 is 0 Å². The van der Waals surface area contributed by atoms with Crippen LogP contribution in [0.2, 0.25) is 0 Å². The quantitative estimate of drug-likeness (QED) is 0.489. The topological polar surface area (TPSA) is 62.7 Å². The van der Waals surface area contributed by atoms with Gasteiger partial charge in [0, 0.05) is 6.20 Å². The van der Waals surface area contributed by atoms with Crippen LogP contribution in [0.1, 0.15) is 6.23 Å². The Morgan fingerprint density at radius 3 is 2.57 bits per heavy atom. The Bertz CT molecular complexity index is 705. The third-order valence-corrected chi connectivity index (χ3v) is 4.02. The van der Waals surface area contributed by atoms with Gasteiger partial charge in [-0.25, -0.2) is 4.39 Å². The van der Waals surface area contributed by atoms with E-state index in [2.05, 4.69) is 9.72 Å². The number of nitrogens with one attached hydrogen (secondary N) is 1. The van der Waals surface area contributed by atoms with E-state index in [1.54, 1.807) is 0 Å². The van der Waals surface area contributed by atoms with Gasteiger partial charge in [0.25, 0.3) is 5.67 Å². The minimum atomic E-state index is -5.27. The third-order valence-electron chi connectivity index (χ3n) is 3.47. The Morgan fingerprint density at radius 1 is 1.38 bits per heavy atom. The monoisotopic (exact) mass is 344 g/mol. The number of hydrogen-bond acceptors (Lipinski definition) is 5. The molecule has 2 unspecified atom stereocenters. The second kappa shape index (κ2) is 4.32. The molecule has 0 radical (unpaired) electrons. The molecule has 2 fully saturated rings. The van der Waals surface area contributed by atoms with Gasteiger partial charge in [-0.2, -0.15) is 13.2 Å². The lowest BCUT2D eigenvalue weighted by Gasteiger charge is -2.31. The maximum Gasteiger partial charge on any atom is 0.429 e. The minimum Gasteiger partial charge on any atom is -0.391 e. The van der Waals surface area contributed by atoms with Crippen LogP contribution in [0.4, 0.5) is 17.6 Å². The van der Waals surface area contributed by atoms with Crippen molar-refractivity contribution in [3.8, 4) is 0 Å². The fourth-order valence-electron chi connectivity index (χ4n) is 2.38. The summed E-state index contributed by atoms with van der Waals surface area (Å²) in [7, 11) is 0. The molecular weight excluding hydrogens is 336 g/mol. The maximum atomic E-state index is 14.7. The van der Waals surface area contributed by atoms with Gasteiger partial charge in [0.05, 0.1) is 0 Å². The number of ether oxygens (including phenoxy) is 2. The van der Waals surface area contributed by atoms with Crippen molar-refractivity contribution in [2.24, 2.45) is 0 Å². The summed E-state index contributed by atoms with van der Waals surface area (Å²) in [5.74, 6) is -1.99. The summed E-state index contributed by atoms with van der Waals surface area (Å²) in [6.45, 7) is -0.897. The van der Waals surface area contributed by atoms with Gasteiger partial charge in [-0.15, -0.1) is 0 Å². The van der Waals surface area contributed by atoms with Crippen molar-refractivity contribution in [2.75, 3.05) is 6.61 Å². The Kier molecular flexibility index (Phi) is 3.09. The van der Waals surface area contributed by atoms with Gasteiger partial charge >= 0.3 is 6.18 Å². The van der Waals surface area contributed by atoms with Gasteiger partial charge in [-0.1, -0.05) is 12.2 Å². The molecule has 11 heteroatoms. The average molecular weight is 344 g/mol. The summed E-state index contributed by atoms with van der Waals surface area (Å²) < 4.78 is 64.6. The Labute approximate surface area is 125 Å². The number of rotatable bonds is 2. The molecule has 0 spiro atoms. The van der Waals surface area contributed by atoms with E-state index in [4.69, 9.17) is 34.3 Å². The number of aliphatic hydroxyl groups is 1. The van der Waals surface area contributed by atoms with Crippen molar-refractivity contribution in [1.29, 1.82) is 0 Å². The van der Waals surface area contributed by atoms with E-state index in [1.165, 1.54) is 6.07 Å². The third kappa shape index (κ3) is 1.91. The molecule has 5 nitrogen and oxygen atoms in total. The van der Waals surface area contributed by atoms with Crippen molar-refractivity contribution < 1.29 is 32.1 Å². The highest BCUT2D eigenvalue weighted by Gasteiger charge is 2.86. The van der Waals surface area contributed by atoms with Crippen LogP contribution >= 0.6 is 24.4 Å². The van der Waals surface area contributed by atoms with Crippen LogP contribution in [0.15, 0.2) is 12.3 Å². The van der Waals surface area contributed by atoms with Crippen molar-refractivity contribution in [3.63, 3.8) is 0 Å². The molecule has 116 valence electrons. The van der Waals surface area contributed by atoms with Gasteiger partial charge in [-0.05, 0) is 18.3 Å². The lowest BCUT2D eigenvalue weighted by molar-refractivity contribution is -0.290. The van der Waals surface area contributed by atoms with Crippen LogP contribution in [-0.4, -0.2) is 45.0 Å². The SMILES string of the molecule is OCC12O[C@@H](n3ccc(=S)[nH]c3=S)C(F)(C(F)(F)F)[C@H]1O2. The summed E-state index contributed by atoms with van der Waals surface area (Å²) in [5, 5.41) is 9.10. The summed E-state index contributed by atoms with van der Waals surface area (Å²) in [6, 6.07) is 1.25. The fourth-order valence-corrected chi connectivity index (χ4v) is 2.87. The highest BCUT2D eigenvalue weighted by Crippen LogP contribution is 2.64. The van der Waals surface area contributed by atoms with E-state index in [0.29, 0.717) is 0 Å². The summed E-state index contributed by atoms with van der Waals surface area (Å²) in [4.78, 5) is 2.44. The molecule has 21 heavy (non-hydrogen) atoms. The highest BCUT2D eigenvalue weighted by atomic mass is 32.1. The highest BCUT2D eigenvalue weighted by molar-refractivity contribution is 7.72. The first kappa shape index (κ1) is 15.0. The largest absolute Gasteiger partial charge is 0.429 e. The first-order valence-electron chi connectivity index (χ1n) is 5.69. The lowest BCUT2D eigenvalue weighted by Crippen LogP contribution is -2.50. The number of aromatic nitrogens is 2. The van der Waals surface area contributed by atoms with E-state index in [-0.39, 0.29) is 9.41 Å². The molecular formula is C10H8F4N2O3S2. The van der Waals surface area contributed by atoms with Gasteiger partial charge in [-0.3, -0.25) is 4.57 Å². The van der Waals surface area contributed by atoms with Crippen molar-refractivity contribution in [3.05, 3.63) is 21.7 Å². The van der Waals surface area contributed by atoms with Crippen LogP contribution in [0, 0.1) is 9.41 Å². The molecule has 2 aliphatic rings. The summed E-state index contributed by atoms with van der Waals surface area (Å²) in [6.07, 6.45) is -8.22. The van der Waals surface area contributed by atoms with Crippen LogP contribution in [0.25, 0.3) is 0 Å². The molecule has 3 heterocycles. The van der Waals surface area contributed by atoms with Crippen LogP contribution in [0.3, 0.4) is 0 Å². The number of hydrogen-bond donors (Lipinski definition) is 2. The predicted octanol–water partition coefficient (Wildman–Crippen LogP) is 2.16. The number of aliphatic hydroxyl groups excluding tert-OH is 1. The second-order valence-electron chi connectivity index (χ2n) is 4.72. The predicted molar refractivity (Wildman–Crippen MR) is 65.2 cm³/mol. The zero-order chi connectivity index (χ0) is 15.6. The molecule has 2 aliphatic heterocycles. The summed E-state index contributed by atoms with van der Waals surface area (Å²) >= 11 is 9.64. The van der Waals surface area contributed by atoms with E-state index in [1.807, 2.05) is 0 Å². The van der Waals surface area contributed by atoms with Crippen molar-refractivity contribution in [1.82, 2.24) is 9.55 Å². The van der Waals surface area contributed by atoms with E-state index >= 15 is 0 Å². The average Bonchev–Trinajstić information content (AvgIpc) is 3.04. The zero-order valence-electron chi connectivity index (χ0n) is 10.1. The molecule has 0 amide bonds. The number of nitrogens with zero attached hydrogens (tertiary/aromatic N) is 1. The standard InChI is InChI=1S/C10H8F4N2O3S2/c11-9(10(12,13)14)5-8(3-17,18-5)19-6(9)16-2-1-4(20)15-7(16)21/h1-2,5-6,17H,3H2,(H,15,20,21)/t5-,6+,8?,9?/m0/s1. The number of halogens is 4. The lowest BCUT2D eigenvalue weighted by atomic mass is 9.98. The van der Waals surface area contributed by atoms with Gasteiger partial charge in [0.15, 0.2) is 17.1 Å². The van der Waals surface area contributed by atoms with E-state index in [0.717, 1.165) is 10.8 Å². The number of H-pyrrole nitrogens is 1. The normalized spacial score (nSPS) is 38.3. The number of fused-ring (bicyclic) bond motifs is 1. The molecule has 0 aliphatic carbocycles. The van der Waals surface area contributed by atoms with Gasteiger partial charge in [0.2, 0.25) is 5.79 Å². The van der Waals surface area contributed by atoms with Gasteiger partial charge in [0.1, 0.15) is 11.2 Å². The minimum absolute atomic E-state index is 0.184. The van der Waals surface area contributed by atoms with Crippen molar-refractivity contribution in [2.45, 2.75) is 30.0 Å². The van der Waals surface area contributed by atoms with E-state index in [9.17, 15) is 17.6 Å². The molecule has 3 rings (SSSR count). The Morgan fingerprint density at radius 2 is 2.05 bits per heavy atom. The van der Waals surface area contributed by atoms with E-state index < -0.39 is 36.6 Å². The molecule has 0 saturated carbocycles. The molecule has 0 bridgehead atoms. The Balaban J connectivity index is 2.13. The van der Waals surface area contributed by atoms with Crippen molar-refractivity contribution >= 4 is 24.4 Å². The second-order valence-corrected chi connectivity index (χ2v) is 5.55. The molecule has 1 aromatic rings. The smallest absolute Gasteiger partial charge is 0.391 e. The van der Waals surface area contributed by atoms with Crippen LogP contribution in [0.5, 0.6) is 0 Å². The molecule has 2 N–H and O–H groups in total. The Hall–Kier alpha value is -0.880. The molecule has 4 atom stereocenters. The first-order valence-corrected chi connectivity index (χ1v) is 6.51. The number of aromatic amines is 1. The van der Waals surface area contributed by atoms with Gasteiger partial charge < -0.3 is 19.6 Å². The molecule has 0 aromatic carbocycles. The molecule has 1 aromatic heterocycles. The maximum absolute atomic E-state index is 14.7.